The molecule has 0 saturated carbocycles. The summed E-state index contributed by atoms with van der Waals surface area (Å²) in [5.41, 5.74) is -0.514. The van der Waals surface area contributed by atoms with E-state index in [4.69, 9.17) is 0 Å². The van der Waals surface area contributed by atoms with Gasteiger partial charge in [-0.05, 0) is 41.9 Å². The second-order valence-corrected chi connectivity index (χ2v) is 5.88. The van der Waals surface area contributed by atoms with Gasteiger partial charge in [-0.2, -0.15) is 0 Å². The number of aryl methyl sites for hydroxylation is 1. The molecule has 6 nitrogen and oxygen atoms in total. The van der Waals surface area contributed by atoms with Crippen molar-refractivity contribution in [1.29, 1.82) is 0 Å². The molecule has 1 heterocycles. The quantitative estimate of drug-likeness (QED) is 0.865. The van der Waals surface area contributed by atoms with E-state index >= 15 is 0 Å². The molecule has 1 aromatic carbocycles. The summed E-state index contributed by atoms with van der Waals surface area (Å²) in [6.45, 7) is 2.85. The number of fused-ring (bicyclic) bond motifs is 1. The fourth-order valence-electron chi connectivity index (χ4n) is 2.11. The molecule has 0 fully saturated rings. The number of aromatic nitrogens is 1. The van der Waals surface area contributed by atoms with Gasteiger partial charge in [-0.15, -0.1) is 0 Å². The van der Waals surface area contributed by atoms with Crippen LogP contribution in [-0.4, -0.2) is 27.4 Å². The Labute approximate surface area is 134 Å². The SMILES string of the molecule is CC(=O)[C@H](C)NC(=O)c1c(O)c2c(Br)cccc2n(C)c1=O. The van der Waals surface area contributed by atoms with Gasteiger partial charge in [-0.1, -0.05) is 6.07 Å². The highest BCUT2D eigenvalue weighted by atomic mass is 79.9. The number of nitrogens with one attached hydrogen (secondary N) is 1. The predicted octanol–water partition coefficient (Wildman–Crippen LogP) is 1.71. The maximum absolute atomic E-state index is 12.3. The molecule has 22 heavy (non-hydrogen) atoms. The molecule has 1 amide bonds. The van der Waals surface area contributed by atoms with Crippen LogP contribution in [0.4, 0.5) is 0 Å². The largest absolute Gasteiger partial charge is 0.506 e. The van der Waals surface area contributed by atoms with E-state index in [1.54, 1.807) is 18.2 Å². The van der Waals surface area contributed by atoms with Gasteiger partial charge in [0.05, 0.1) is 16.9 Å². The van der Waals surface area contributed by atoms with Crippen molar-refractivity contribution < 1.29 is 14.7 Å². The van der Waals surface area contributed by atoms with Crippen LogP contribution in [-0.2, 0) is 11.8 Å². The molecule has 2 rings (SSSR count). The average Bonchev–Trinajstić information content (AvgIpc) is 2.44. The minimum atomic E-state index is -0.779. The van der Waals surface area contributed by atoms with E-state index in [0.29, 0.717) is 15.4 Å². The number of hydrogen-bond donors (Lipinski definition) is 2. The summed E-state index contributed by atoms with van der Waals surface area (Å²) in [4.78, 5) is 35.9. The standard InChI is InChI=1S/C15H15BrN2O4/c1-7(8(2)19)17-14(21)12-13(20)11-9(16)5-4-6-10(11)18(3)15(12)22/h4-7,20H,1-3H3,(H,17,21)/t7-/m0/s1. The number of ketones is 1. The highest BCUT2D eigenvalue weighted by Gasteiger charge is 2.24. The van der Waals surface area contributed by atoms with Crippen LogP contribution in [0.2, 0.25) is 0 Å². The van der Waals surface area contributed by atoms with Crippen LogP contribution in [0.1, 0.15) is 24.2 Å². The van der Waals surface area contributed by atoms with Crippen LogP contribution < -0.4 is 10.9 Å². The van der Waals surface area contributed by atoms with Crippen molar-refractivity contribution in [2.75, 3.05) is 0 Å². The highest BCUT2D eigenvalue weighted by Crippen LogP contribution is 2.32. The van der Waals surface area contributed by atoms with Crippen LogP contribution in [0.5, 0.6) is 5.75 Å². The summed E-state index contributed by atoms with van der Waals surface area (Å²) < 4.78 is 1.85. The van der Waals surface area contributed by atoms with Gasteiger partial charge in [0, 0.05) is 11.5 Å². The van der Waals surface area contributed by atoms with Gasteiger partial charge in [0.25, 0.3) is 11.5 Å². The maximum Gasteiger partial charge on any atom is 0.267 e. The number of hydrogen-bond acceptors (Lipinski definition) is 4. The third kappa shape index (κ3) is 2.64. The zero-order valence-electron chi connectivity index (χ0n) is 12.3. The molecule has 0 aliphatic heterocycles. The van der Waals surface area contributed by atoms with Crippen molar-refractivity contribution in [3.05, 3.63) is 38.6 Å². The van der Waals surface area contributed by atoms with Crippen molar-refractivity contribution in [1.82, 2.24) is 9.88 Å². The number of pyridine rings is 1. The summed E-state index contributed by atoms with van der Waals surface area (Å²) in [5, 5.41) is 13.1. The zero-order valence-corrected chi connectivity index (χ0v) is 13.9. The molecular weight excluding hydrogens is 352 g/mol. The minimum Gasteiger partial charge on any atom is -0.506 e. The van der Waals surface area contributed by atoms with Crippen molar-refractivity contribution in [3.63, 3.8) is 0 Å². The molecule has 0 radical (unpaired) electrons. The van der Waals surface area contributed by atoms with Crippen LogP contribution in [0.15, 0.2) is 27.5 Å². The molecule has 1 atom stereocenters. The predicted molar refractivity (Wildman–Crippen MR) is 86.2 cm³/mol. The van der Waals surface area contributed by atoms with Crippen LogP contribution in [0.3, 0.4) is 0 Å². The molecule has 7 heteroatoms. The Balaban J connectivity index is 2.70. The normalized spacial score (nSPS) is 12.2. The summed E-state index contributed by atoms with van der Waals surface area (Å²) in [6, 6.07) is 4.35. The molecule has 0 saturated heterocycles. The van der Waals surface area contributed by atoms with Crippen molar-refractivity contribution in [2.45, 2.75) is 19.9 Å². The molecule has 2 N–H and O–H groups in total. The lowest BCUT2D eigenvalue weighted by Crippen LogP contribution is -2.40. The molecule has 0 bridgehead atoms. The second kappa shape index (κ2) is 5.92. The lowest BCUT2D eigenvalue weighted by molar-refractivity contribution is -0.118. The molecular formula is C15H15BrN2O4. The zero-order chi connectivity index (χ0) is 16.6. The summed E-state index contributed by atoms with van der Waals surface area (Å²) in [5.74, 6) is -1.43. The third-order valence-corrected chi connectivity index (χ3v) is 4.19. The Morgan fingerprint density at radius 1 is 1.36 bits per heavy atom. The Morgan fingerprint density at radius 2 is 2.00 bits per heavy atom. The number of halogens is 1. The first-order chi connectivity index (χ1) is 10.3. The molecule has 1 aromatic heterocycles. The second-order valence-electron chi connectivity index (χ2n) is 5.03. The van der Waals surface area contributed by atoms with E-state index < -0.39 is 23.3 Å². The van der Waals surface area contributed by atoms with Gasteiger partial charge in [0.2, 0.25) is 0 Å². The van der Waals surface area contributed by atoms with E-state index in [1.165, 1.54) is 25.5 Å². The maximum atomic E-state index is 12.3. The van der Waals surface area contributed by atoms with E-state index in [-0.39, 0.29) is 11.3 Å². The van der Waals surface area contributed by atoms with E-state index in [9.17, 15) is 19.5 Å². The minimum absolute atomic E-state index is 0.244. The van der Waals surface area contributed by atoms with Crippen molar-refractivity contribution >= 4 is 38.5 Å². The molecule has 0 spiro atoms. The van der Waals surface area contributed by atoms with Gasteiger partial charge in [-0.25, -0.2) is 0 Å². The monoisotopic (exact) mass is 366 g/mol. The third-order valence-electron chi connectivity index (χ3n) is 3.53. The van der Waals surface area contributed by atoms with E-state index in [1.807, 2.05) is 0 Å². The Kier molecular flexibility index (Phi) is 4.37. The highest BCUT2D eigenvalue weighted by molar-refractivity contribution is 9.10. The Hall–Kier alpha value is -2.15. The fraction of sp³-hybridized carbons (Fsp3) is 0.267. The summed E-state index contributed by atoms with van der Waals surface area (Å²) in [7, 11) is 1.52. The first-order valence-corrected chi connectivity index (χ1v) is 7.36. The van der Waals surface area contributed by atoms with E-state index in [0.717, 1.165) is 0 Å². The number of amides is 1. The van der Waals surface area contributed by atoms with Gasteiger partial charge < -0.3 is 15.0 Å². The lowest BCUT2D eigenvalue weighted by Gasteiger charge is -2.14. The Morgan fingerprint density at radius 3 is 2.59 bits per heavy atom. The number of nitrogens with zero attached hydrogens (tertiary/aromatic N) is 1. The number of rotatable bonds is 3. The van der Waals surface area contributed by atoms with Crippen LogP contribution in [0.25, 0.3) is 10.9 Å². The van der Waals surface area contributed by atoms with Crippen molar-refractivity contribution in [3.8, 4) is 5.75 Å². The first-order valence-electron chi connectivity index (χ1n) is 6.57. The molecule has 0 unspecified atom stereocenters. The van der Waals surface area contributed by atoms with Crippen LogP contribution >= 0.6 is 15.9 Å². The van der Waals surface area contributed by atoms with E-state index in [2.05, 4.69) is 21.2 Å². The number of carbonyl (C=O) groups is 2. The number of benzene rings is 1. The first kappa shape index (κ1) is 16.2. The smallest absolute Gasteiger partial charge is 0.267 e. The number of Topliss-reactive ketones (excluding diaryl/α,β-unsaturated/α-hetero) is 1. The Bertz CT molecular complexity index is 842. The molecule has 0 aliphatic rings. The lowest BCUT2D eigenvalue weighted by atomic mass is 10.1. The number of carbonyl (C=O) groups excluding carboxylic acids is 2. The van der Waals surface area contributed by atoms with Gasteiger partial charge in [-0.3, -0.25) is 14.4 Å². The summed E-state index contributed by atoms with van der Waals surface area (Å²) >= 11 is 3.30. The molecule has 0 aliphatic carbocycles. The molecule has 2 aromatic rings. The van der Waals surface area contributed by atoms with Gasteiger partial charge in [0.1, 0.15) is 11.3 Å². The van der Waals surface area contributed by atoms with Crippen LogP contribution in [0, 0.1) is 0 Å². The number of aromatic hydroxyl groups is 1. The van der Waals surface area contributed by atoms with Crippen molar-refractivity contribution in [2.24, 2.45) is 7.05 Å². The molecule has 116 valence electrons. The fourth-order valence-corrected chi connectivity index (χ4v) is 2.65. The topological polar surface area (TPSA) is 88.4 Å². The summed E-state index contributed by atoms with van der Waals surface area (Å²) in [6.07, 6.45) is 0. The van der Waals surface area contributed by atoms with Gasteiger partial charge in [0.15, 0.2) is 5.78 Å². The van der Waals surface area contributed by atoms with Gasteiger partial charge >= 0.3 is 0 Å². The average molecular weight is 367 g/mol.